The highest BCUT2D eigenvalue weighted by molar-refractivity contribution is 6.00. The number of nitrogens with one attached hydrogen (secondary N) is 1. The van der Waals surface area contributed by atoms with E-state index in [1.807, 2.05) is 37.3 Å². The number of primary amides is 1. The van der Waals surface area contributed by atoms with Crippen LogP contribution in [0.15, 0.2) is 30.3 Å². The maximum absolute atomic E-state index is 12.5. The number of rotatable bonds is 5. The predicted octanol–water partition coefficient (Wildman–Crippen LogP) is 1.31. The van der Waals surface area contributed by atoms with Crippen molar-refractivity contribution < 1.29 is 14.3 Å². The third-order valence-corrected chi connectivity index (χ3v) is 5.56. The van der Waals surface area contributed by atoms with E-state index in [-0.39, 0.29) is 17.9 Å². The van der Waals surface area contributed by atoms with E-state index >= 15 is 0 Å². The number of nitrogens with two attached hydrogens (primary N) is 1. The first kappa shape index (κ1) is 16.8. The maximum atomic E-state index is 12.5. The SMILES string of the molecule is CNC(=O)c1nn([C@@H](C)c2ccccc2)c(C(N)=O)c1C1[C@H]2COC[C@@H]12. The summed E-state index contributed by atoms with van der Waals surface area (Å²) in [5.41, 5.74) is 8.04. The zero-order valence-corrected chi connectivity index (χ0v) is 14.8. The largest absolute Gasteiger partial charge is 0.381 e. The Labute approximate surface area is 151 Å². The molecule has 2 heterocycles. The molecule has 7 nitrogen and oxygen atoms in total. The van der Waals surface area contributed by atoms with E-state index in [1.54, 1.807) is 11.7 Å². The first-order valence-electron chi connectivity index (χ1n) is 8.81. The molecule has 26 heavy (non-hydrogen) atoms. The number of amides is 2. The number of hydrogen-bond acceptors (Lipinski definition) is 4. The topological polar surface area (TPSA) is 99.2 Å². The van der Waals surface area contributed by atoms with Gasteiger partial charge in [-0.25, -0.2) is 0 Å². The third-order valence-electron chi connectivity index (χ3n) is 5.56. The number of nitrogens with zero attached hydrogens (tertiary/aromatic N) is 2. The summed E-state index contributed by atoms with van der Waals surface area (Å²) >= 11 is 0. The lowest BCUT2D eigenvalue weighted by molar-refractivity contribution is 0.0954. The highest BCUT2D eigenvalue weighted by atomic mass is 16.5. The van der Waals surface area contributed by atoms with Crippen LogP contribution < -0.4 is 11.1 Å². The number of hydrogen-bond donors (Lipinski definition) is 2. The molecule has 2 amide bonds. The van der Waals surface area contributed by atoms with E-state index in [0.29, 0.717) is 42.0 Å². The lowest BCUT2D eigenvalue weighted by Gasteiger charge is -2.15. The summed E-state index contributed by atoms with van der Waals surface area (Å²) in [7, 11) is 1.56. The normalized spacial score (nSPS) is 24.8. The van der Waals surface area contributed by atoms with E-state index in [9.17, 15) is 9.59 Å². The van der Waals surface area contributed by atoms with Gasteiger partial charge in [0.05, 0.1) is 19.3 Å². The summed E-state index contributed by atoms with van der Waals surface area (Å²) in [5, 5.41) is 7.16. The van der Waals surface area contributed by atoms with Gasteiger partial charge in [0.1, 0.15) is 5.69 Å². The van der Waals surface area contributed by atoms with Crippen LogP contribution >= 0.6 is 0 Å². The summed E-state index contributed by atoms with van der Waals surface area (Å²) in [4.78, 5) is 24.8. The minimum Gasteiger partial charge on any atom is -0.381 e. The fraction of sp³-hybridized carbons (Fsp3) is 0.421. The summed E-state index contributed by atoms with van der Waals surface area (Å²) in [6.07, 6.45) is 0. The Balaban J connectivity index is 1.85. The van der Waals surface area contributed by atoms with Gasteiger partial charge in [-0.15, -0.1) is 0 Å². The average molecular weight is 354 g/mol. The van der Waals surface area contributed by atoms with E-state index in [1.165, 1.54) is 0 Å². The van der Waals surface area contributed by atoms with E-state index < -0.39 is 5.91 Å². The van der Waals surface area contributed by atoms with Gasteiger partial charge in [-0.2, -0.15) is 5.10 Å². The van der Waals surface area contributed by atoms with Crippen LogP contribution in [0.5, 0.6) is 0 Å². The third kappa shape index (κ3) is 2.50. The van der Waals surface area contributed by atoms with Crippen LogP contribution in [0.2, 0.25) is 0 Å². The second-order valence-electron chi connectivity index (χ2n) is 6.98. The maximum Gasteiger partial charge on any atom is 0.271 e. The first-order valence-corrected chi connectivity index (χ1v) is 8.81. The van der Waals surface area contributed by atoms with Gasteiger partial charge in [-0.1, -0.05) is 30.3 Å². The number of carbonyl (C=O) groups excluding carboxylic acids is 2. The second kappa shape index (κ2) is 6.25. The summed E-state index contributed by atoms with van der Waals surface area (Å²) < 4.78 is 7.07. The molecule has 4 rings (SSSR count). The van der Waals surface area contributed by atoms with Crippen LogP contribution in [-0.2, 0) is 4.74 Å². The van der Waals surface area contributed by atoms with Crippen LogP contribution in [0.4, 0.5) is 0 Å². The zero-order valence-electron chi connectivity index (χ0n) is 14.8. The minimum atomic E-state index is -0.559. The molecule has 2 aromatic rings. The van der Waals surface area contributed by atoms with Crippen molar-refractivity contribution in [2.45, 2.75) is 18.9 Å². The molecule has 2 aliphatic rings. The van der Waals surface area contributed by atoms with Gasteiger partial charge in [0.15, 0.2) is 5.69 Å². The Morgan fingerprint density at radius 3 is 2.50 bits per heavy atom. The molecule has 0 radical (unpaired) electrons. The van der Waals surface area contributed by atoms with Crippen molar-refractivity contribution >= 4 is 11.8 Å². The number of ether oxygens (including phenoxy) is 1. The molecule has 1 aliphatic carbocycles. The molecule has 2 fully saturated rings. The van der Waals surface area contributed by atoms with Gasteiger partial charge < -0.3 is 15.8 Å². The number of fused-ring (bicyclic) bond motifs is 1. The van der Waals surface area contributed by atoms with Crippen molar-refractivity contribution in [2.24, 2.45) is 17.6 Å². The monoisotopic (exact) mass is 354 g/mol. The molecule has 3 N–H and O–H groups in total. The van der Waals surface area contributed by atoms with E-state index in [0.717, 1.165) is 5.56 Å². The van der Waals surface area contributed by atoms with Gasteiger partial charge in [-0.05, 0) is 30.2 Å². The van der Waals surface area contributed by atoms with Crippen LogP contribution in [0.3, 0.4) is 0 Å². The molecule has 0 bridgehead atoms. The molecule has 1 saturated heterocycles. The van der Waals surface area contributed by atoms with Crippen molar-refractivity contribution in [3.63, 3.8) is 0 Å². The quantitative estimate of drug-likeness (QED) is 0.846. The van der Waals surface area contributed by atoms with Crippen molar-refractivity contribution in [1.82, 2.24) is 15.1 Å². The molecule has 1 saturated carbocycles. The molecule has 1 aliphatic heterocycles. The lowest BCUT2D eigenvalue weighted by atomic mass is 10.0. The molecular formula is C19H22N4O3. The molecule has 0 spiro atoms. The molecule has 7 heteroatoms. The van der Waals surface area contributed by atoms with Crippen LogP contribution in [0, 0.1) is 11.8 Å². The molecule has 1 unspecified atom stereocenters. The molecule has 1 aromatic heterocycles. The van der Waals surface area contributed by atoms with E-state index in [2.05, 4.69) is 10.4 Å². The van der Waals surface area contributed by atoms with E-state index in [4.69, 9.17) is 10.5 Å². The van der Waals surface area contributed by atoms with Gasteiger partial charge in [0.2, 0.25) is 0 Å². The number of carbonyl (C=O) groups is 2. The highest BCUT2D eigenvalue weighted by Gasteiger charge is 2.57. The average Bonchev–Trinajstić information content (AvgIpc) is 3.03. The minimum absolute atomic E-state index is 0.107. The first-order chi connectivity index (χ1) is 12.5. The Kier molecular flexibility index (Phi) is 4.03. The number of aromatic nitrogens is 2. The van der Waals surface area contributed by atoms with Gasteiger partial charge in [0, 0.05) is 12.6 Å². The molecule has 136 valence electrons. The number of benzene rings is 1. The summed E-state index contributed by atoms with van der Waals surface area (Å²) in [6, 6.07) is 9.52. The standard InChI is InChI=1S/C19H22N4O3/c1-10(11-6-4-3-5-7-11)23-17(18(20)24)15(16(22-23)19(25)21-2)14-12-8-26-9-13(12)14/h3-7,10,12-14H,8-9H2,1-2H3,(H2,20,24)(H,21,25)/t10-,12-,13+,14?/m0/s1. The Morgan fingerprint density at radius 2 is 1.92 bits per heavy atom. The van der Waals surface area contributed by atoms with Gasteiger partial charge in [0.25, 0.3) is 11.8 Å². The molecule has 1 aromatic carbocycles. The Hall–Kier alpha value is -2.67. The van der Waals surface area contributed by atoms with Crippen LogP contribution in [0.1, 0.15) is 51.0 Å². The summed E-state index contributed by atoms with van der Waals surface area (Å²) in [6.45, 7) is 3.25. The van der Waals surface area contributed by atoms with Crippen molar-refractivity contribution in [3.05, 3.63) is 52.8 Å². The predicted molar refractivity (Wildman–Crippen MR) is 94.9 cm³/mol. The van der Waals surface area contributed by atoms with Crippen LogP contribution in [0.25, 0.3) is 0 Å². The highest BCUT2D eigenvalue weighted by Crippen LogP contribution is 2.59. The molecular weight excluding hydrogens is 332 g/mol. The summed E-state index contributed by atoms with van der Waals surface area (Å²) in [5.74, 6) is -0.0821. The zero-order chi connectivity index (χ0) is 18.4. The van der Waals surface area contributed by atoms with Crippen LogP contribution in [-0.4, -0.2) is 41.9 Å². The second-order valence-corrected chi connectivity index (χ2v) is 6.98. The fourth-order valence-corrected chi connectivity index (χ4v) is 4.12. The van der Waals surface area contributed by atoms with Crippen molar-refractivity contribution in [2.75, 3.05) is 20.3 Å². The van der Waals surface area contributed by atoms with Gasteiger partial charge in [-0.3, -0.25) is 14.3 Å². The Morgan fingerprint density at radius 1 is 1.27 bits per heavy atom. The smallest absolute Gasteiger partial charge is 0.271 e. The lowest BCUT2D eigenvalue weighted by Crippen LogP contribution is -2.22. The fourth-order valence-electron chi connectivity index (χ4n) is 4.12. The molecule has 4 atom stereocenters. The van der Waals surface area contributed by atoms with Gasteiger partial charge >= 0.3 is 0 Å². The Bertz CT molecular complexity index is 851. The van der Waals surface area contributed by atoms with Crippen molar-refractivity contribution in [1.29, 1.82) is 0 Å². The van der Waals surface area contributed by atoms with Crippen molar-refractivity contribution in [3.8, 4) is 0 Å².